The lowest BCUT2D eigenvalue weighted by molar-refractivity contribution is 0.0951. The Morgan fingerprint density at radius 3 is 2.75 bits per heavy atom. The van der Waals surface area contributed by atoms with E-state index in [0.29, 0.717) is 12.2 Å². The van der Waals surface area contributed by atoms with E-state index in [2.05, 4.69) is 51.8 Å². The van der Waals surface area contributed by atoms with Gasteiger partial charge in [-0.1, -0.05) is 30.3 Å². The number of anilines is 1. The minimum absolute atomic E-state index is 0.135. The van der Waals surface area contributed by atoms with E-state index >= 15 is 0 Å². The van der Waals surface area contributed by atoms with E-state index in [1.807, 2.05) is 19.1 Å². The second kappa shape index (κ2) is 9.67. The van der Waals surface area contributed by atoms with Crippen molar-refractivity contribution in [3.63, 3.8) is 0 Å². The van der Waals surface area contributed by atoms with Crippen molar-refractivity contribution < 1.29 is 4.79 Å². The fourth-order valence-electron chi connectivity index (χ4n) is 2.47. The van der Waals surface area contributed by atoms with E-state index in [1.165, 1.54) is 5.56 Å². The summed E-state index contributed by atoms with van der Waals surface area (Å²) in [6, 6.07) is 14.1. The van der Waals surface area contributed by atoms with Crippen molar-refractivity contribution in [3.8, 4) is 0 Å². The Morgan fingerprint density at radius 2 is 2.00 bits per heavy atom. The maximum atomic E-state index is 11.8. The molecule has 2 N–H and O–H groups in total. The Kier molecular flexibility index (Phi) is 7.23. The van der Waals surface area contributed by atoms with E-state index in [9.17, 15) is 4.79 Å². The molecule has 0 spiro atoms. The Bertz CT molecular complexity index is 630. The molecule has 0 saturated carbocycles. The van der Waals surface area contributed by atoms with Gasteiger partial charge in [0.25, 0.3) is 5.91 Å². The molecule has 1 heterocycles. The molecule has 0 aliphatic carbocycles. The Balaban J connectivity index is 1.72. The molecule has 0 unspecified atom stereocenters. The molecule has 1 aromatic heterocycles. The van der Waals surface area contributed by atoms with Crippen LogP contribution in [-0.2, 0) is 6.54 Å². The number of rotatable bonds is 9. The van der Waals surface area contributed by atoms with Crippen LogP contribution in [0.3, 0.4) is 0 Å². The quantitative estimate of drug-likeness (QED) is 0.696. The van der Waals surface area contributed by atoms with Gasteiger partial charge in [-0.15, -0.1) is 0 Å². The van der Waals surface area contributed by atoms with Crippen molar-refractivity contribution in [2.45, 2.75) is 19.9 Å². The number of nitrogens with one attached hydrogen (secondary N) is 2. The highest BCUT2D eigenvalue weighted by Gasteiger charge is 2.06. The molecule has 2 aromatic rings. The zero-order valence-corrected chi connectivity index (χ0v) is 14.5. The van der Waals surface area contributed by atoms with Crippen LogP contribution in [0.25, 0.3) is 0 Å². The van der Waals surface area contributed by atoms with Crippen LogP contribution in [0.1, 0.15) is 29.4 Å². The first-order chi connectivity index (χ1) is 11.7. The van der Waals surface area contributed by atoms with Gasteiger partial charge in [-0.3, -0.25) is 9.78 Å². The van der Waals surface area contributed by atoms with Crippen LogP contribution in [-0.4, -0.2) is 42.5 Å². The summed E-state index contributed by atoms with van der Waals surface area (Å²) in [6.45, 7) is 5.32. The lowest BCUT2D eigenvalue weighted by Crippen LogP contribution is -2.24. The highest BCUT2D eigenvalue weighted by atomic mass is 16.1. The molecule has 5 heteroatoms. The van der Waals surface area contributed by atoms with Crippen LogP contribution >= 0.6 is 0 Å². The third kappa shape index (κ3) is 6.01. The molecule has 0 aliphatic rings. The van der Waals surface area contributed by atoms with Gasteiger partial charge in [-0.25, -0.2) is 0 Å². The highest BCUT2D eigenvalue weighted by molar-refractivity contribution is 5.93. The van der Waals surface area contributed by atoms with Gasteiger partial charge in [0.15, 0.2) is 0 Å². The third-order valence-electron chi connectivity index (χ3n) is 3.67. The minimum atomic E-state index is -0.135. The smallest absolute Gasteiger partial charge is 0.269 e. The summed E-state index contributed by atoms with van der Waals surface area (Å²) >= 11 is 0. The van der Waals surface area contributed by atoms with Crippen molar-refractivity contribution in [1.29, 1.82) is 0 Å². The van der Waals surface area contributed by atoms with Crippen LogP contribution in [0.2, 0.25) is 0 Å². The summed E-state index contributed by atoms with van der Waals surface area (Å²) in [5.74, 6) is -0.135. The van der Waals surface area contributed by atoms with Gasteiger partial charge in [-0.05, 0) is 44.6 Å². The number of pyridine rings is 1. The first-order valence-corrected chi connectivity index (χ1v) is 8.39. The molecule has 0 fully saturated rings. The summed E-state index contributed by atoms with van der Waals surface area (Å²) in [6.07, 6.45) is 2.69. The molecule has 24 heavy (non-hydrogen) atoms. The normalized spacial score (nSPS) is 10.6. The zero-order valence-electron chi connectivity index (χ0n) is 14.5. The van der Waals surface area contributed by atoms with Crippen molar-refractivity contribution in [1.82, 2.24) is 15.2 Å². The van der Waals surface area contributed by atoms with Crippen LogP contribution < -0.4 is 10.6 Å². The molecule has 0 bridgehead atoms. The first-order valence-electron chi connectivity index (χ1n) is 8.39. The first kappa shape index (κ1) is 17.9. The number of hydrogen-bond acceptors (Lipinski definition) is 4. The van der Waals surface area contributed by atoms with Gasteiger partial charge in [0, 0.05) is 31.5 Å². The molecule has 1 amide bonds. The summed E-state index contributed by atoms with van der Waals surface area (Å²) in [7, 11) is 2.13. The zero-order chi connectivity index (χ0) is 17.2. The molecule has 128 valence electrons. The van der Waals surface area contributed by atoms with Gasteiger partial charge in [-0.2, -0.15) is 0 Å². The predicted octanol–water partition coefficient (Wildman–Crippen LogP) is 2.77. The molecule has 0 saturated heterocycles. The van der Waals surface area contributed by atoms with E-state index in [-0.39, 0.29) is 5.91 Å². The molecular formula is C19H26N4O. The number of amides is 1. The van der Waals surface area contributed by atoms with Gasteiger partial charge < -0.3 is 15.5 Å². The minimum Gasteiger partial charge on any atom is -0.385 e. The molecule has 0 atom stereocenters. The van der Waals surface area contributed by atoms with E-state index in [1.54, 1.807) is 12.3 Å². The lowest BCUT2D eigenvalue weighted by Gasteiger charge is -2.17. The summed E-state index contributed by atoms with van der Waals surface area (Å²) in [5.41, 5.74) is 2.70. The standard InChI is InChI=1S/C19H26N4O/c1-3-20-19(24)18-14-17(10-12-22-18)21-11-7-13-23(2)15-16-8-5-4-6-9-16/h4-6,8-10,12,14H,3,7,11,13,15H2,1-2H3,(H,20,24)(H,21,22). The average Bonchev–Trinajstić information content (AvgIpc) is 2.60. The molecule has 5 nitrogen and oxygen atoms in total. The van der Waals surface area contributed by atoms with Gasteiger partial charge in [0.2, 0.25) is 0 Å². The van der Waals surface area contributed by atoms with Gasteiger partial charge >= 0.3 is 0 Å². The largest absolute Gasteiger partial charge is 0.385 e. The van der Waals surface area contributed by atoms with Crippen LogP contribution in [0.4, 0.5) is 5.69 Å². The number of carbonyl (C=O) groups is 1. The predicted molar refractivity (Wildman–Crippen MR) is 98.1 cm³/mol. The Hall–Kier alpha value is -2.40. The molecular weight excluding hydrogens is 300 g/mol. The monoisotopic (exact) mass is 326 g/mol. The highest BCUT2D eigenvalue weighted by Crippen LogP contribution is 2.08. The number of aromatic nitrogens is 1. The molecule has 0 radical (unpaired) electrons. The van der Waals surface area contributed by atoms with E-state index in [0.717, 1.165) is 31.7 Å². The van der Waals surface area contributed by atoms with Crippen molar-refractivity contribution >= 4 is 11.6 Å². The lowest BCUT2D eigenvalue weighted by atomic mass is 10.2. The van der Waals surface area contributed by atoms with Gasteiger partial charge in [0.1, 0.15) is 5.69 Å². The van der Waals surface area contributed by atoms with E-state index in [4.69, 9.17) is 0 Å². The number of benzene rings is 1. The Morgan fingerprint density at radius 1 is 1.21 bits per heavy atom. The maximum absolute atomic E-state index is 11.8. The third-order valence-corrected chi connectivity index (χ3v) is 3.67. The van der Waals surface area contributed by atoms with Crippen molar-refractivity contribution in [3.05, 3.63) is 59.9 Å². The van der Waals surface area contributed by atoms with Crippen LogP contribution in [0.5, 0.6) is 0 Å². The second-order valence-corrected chi connectivity index (χ2v) is 5.79. The summed E-state index contributed by atoms with van der Waals surface area (Å²) in [5, 5.41) is 6.11. The second-order valence-electron chi connectivity index (χ2n) is 5.79. The fraction of sp³-hybridized carbons (Fsp3) is 0.368. The summed E-state index contributed by atoms with van der Waals surface area (Å²) < 4.78 is 0. The van der Waals surface area contributed by atoms with E-state index < -0.39 is 0 Å². The maximum Gasteiger partial charge on any atom is 0.269 e. The number of hydrogen-bond donors (Lipinski definition) is 2. The van der Waals surface area contributed by atoms with Crippen molar-refractivity contribution in [2.75, 3.05) is 32.0 Å². The van der Waals surface area contributed by atoms with Crippen LogP contribution in [0, 0.1) is 0 Å². The molecule has 1 aromatic carbocycles. The number of carbonyl (C=O) groups excluding carboxylic acids is 1. The topological polar surface area (TPSA) is 57.3 Å². The molecule has 0 aliphatic heterocycles. The SMILES string of the molecule is CCNC(=O)c1cc(NCCCN(C)Cc2ccccc2)ccn1. The van der Waals surface area contributed by atoms with Crippen LogP contribution in [0.15, 0.2) is 48.7 Å². The number of nitrogens with zero attached hydrogens (tertiary/aromatic N) is 2. The fourth-order valence-corrected chi connectivity index (χ4v) is 2.47. The summed E-state index contributed by atoms with van der Waals surface area (Å²) in [4.78, 5) is 18.2. The van der Waals surface area contributed by atoms with Crippen molar-refractivity contribution in [2.24, 2.45) is 0 Å². The molecule has 2 rings (SSSR count). The van der Waals surface area contributed by atoms with Gasteiger partial charge in [0.05, 0.1) is 0 Å². The average molecular weight is 326 g/mol. The Labute approximate surface area is 144 Å².